The highest BCUT2D eigenvalue weighted by Gasteiger charge is 2.47. The third-order valence-electron chi connectivity index (χ3n) is 4.14. The van der Waals surface area contributed by atoms with Gasteiger partial charge >= 0.3 is 11.9 Å². The van der Waals surface area contributed by atoms with E-state index in [-0.39, 0.29) is 36.1 Å². The van der Waals surface area contributed by atoms with E-state index in [1.807, 2.05) is 13.8 Å². The zero-order chi connectivity index (χ0) is 14.2. The van der Waals surface area contributed by atoms with E-state index in [0.717, 1.165) is 19.3 Å². The van der Waals surface area contributed by atoms with Crippen molar-refractivity contribution in [2.45, 2.75) is 64.3 Å². The summed E-state index contributed by atoms with van der Waals surface area (Å²) in [5.74, 6) is -0.477. The van der Waals surface area contributed by atoms with Crippen LogP contribution in [0.5, 0.6) is 0 Å². The zero-order valence-electron chi connectivity index (χ0n) is 12.1. The molecule has 2 bridgehead atoms. The van der Waals surface area contributed by atoms with E-state index in [1.54, 1.807) is 0 Å². The number of rotatable bonds is 3. The lowest BCUT2D eigenvalue weighted by molar-refractivity contribution is -0.157. The monoisotopic (exact) mass is 269 g/mol. The van der Waals surface area contributed by atoms with Crippen LogP contribution >= 0.6 is 0 Å². The van der Waals surface area contributed by atoms with E-state index >= 15 is 0 Å². The number of hydrogen-bond acceptors (Lipinski definition) is 5. The number of hydrogen-bond donors (Lipinski definition) is 0. The fourth-order valence-electron chi connectivity index (χ4n) is 3.12. The molecule has 0 aromatic heterocycles. The number of carbonyl (C=O) groups excluding carboxylic acids is 2. The Bertz CT molecular complexity index is 368. The first-order valence-corrected chi connectivity index (χ1v) is 6.98. The van der Waals surface area contributed by atoms with Gasteiger partial charge in [0.05, 0.1) is 12.0 Å². The maximum Gasteiger partial charge on any atom is 0.308 e. The molecular formula is C14H23NO4. The third-order valence-corrected chi connectivity index (χ3v) is 4.14. The van der Waals surface area contributed by atoms with Crippen LogP contribution in [0.3, 0.4) is 0 Å². The molecule has 0 N–H and O–H groups in total. The fourth-order valence-corrected chi connectivity index (χ4v) is 3.12. The van der Waals surface area contributed by atoms with Crippen LogP contribution in [0.15, 0.2) is 0 Å². The van der Waals surface area contributed by atoms with Gasteiger partial charge in [0.1, 0.15) is 12.2 Å². The Kier molecular flexibility index (Phi) is 4.13. The van der Waals surface area contributed by atoms with Crippen LogP contribution in [0.2, 0.25) is 0 Å². The van der Waals surface area contributed by atoms with Crippen LogP contribution in [0.25, 0.3) is 0 Å². The van der Waals surface area contributed by atoms with Gasteiger partial charge in [-0.3, -0.25) is 14.5 Å². The number of likely N-dealkylation sites (N-methyl/N-ethyl adjacent to an activating group) is 1. The van der Waals surface area contributed by atoms with E-state index in [0.29, 0.717) is 6.04 Å². The quantitative estimate of drug-likeness (QED) is 0.724. The predicted octanol–water partition coefficient (Wildman–Crippen LogP) is 1.35. The summed E-state index contributed by atoms with van der Waals surface area (Å²) in [6.07, 6.45) is 2.33. The molecule has 5 heteroatoms. The summed E-state index contributed by atoms with van der Waals surface area (Å²) in [6, 6.07) is 0.513. The molecule has 5 nitrogen and oxygen atoms in total. The molecule has 0 aromatic carbocycles. The van der Waals surface area contributed by atoms with Gasteiger partial charge in [-0.25, -0.2) is 0 Å². The Morgan fingerprint density at radius 3 is 2.42 bits per heavy atom. The van der Waals surface area contributed by atoms with Crippen LogP contribution in [-0.2, 0) is 19.1 Å². The second kappa shape index (κ2) is 5.49. The summed E-state index contributed by atoms with van der Waals surface area (Å²) in [5, 5.41) is 0. The SMILES string of the molecule is CC(=O)OC1CC2CC(OC(=O)C(C)C)C(C1)N2C. The van der Waals surface area contributed by atoms with Crippen molar-refractivity contribution in [2.75, 3.05) is 7.05 Å². The van der Waals surface area contributed by atoms with Gasteiger partial charge in [0.15, 0.2) is 0 Å². The van der Waals surface area contributed by atoms with Crippen LogP contribution in [0.1, 0.15) is 40.0 Å². The average molecular weight is 269 g/mol. The number of carbonyl (C=O) groups is 2. The maximum absolute atomic E-state index is 11.7. The summed E-state index contributed by atoms with van der Waals surface area (Å²) < 4.78 is 10.9. The molecule has 0 aliphatic carbocycles. The molecule has 4 atom stereocenters. The zero-order valence-corrected chi connectivity index (χ0v) is 12.1. The standard InChI is InChI=1S/C14H23NO4/c1-8(2)14(17)19-13-6-10-5-11(18-9(3)16)7-12(13)15(10)4/h8,10-13H,5-7H2,1-4H3. The molecule has 2 aliphatic heterocycles. The molecule has 0 aromatic rings. The minimum absolute atomic E-state index is 0.0357. The van der Waals surface area contributed by atoms with Crippen molar-refractivity contribution in [3.05, 3.63) is 0 Å². The van der Waals surface area contributed by atoms with Crippen molar-refractivity contribution in [1.29, 1.82) is 0 Å². The van der Waals surface area contributed by atoms with Gasteiger partial charge in [0.2, 0.25) is 0 Å². The highest BCUT2D eigenvalue weighted by Crippen LogP contribution is 2.37. The van der Waals surface area contributed by atoms with Crippen molar-refractivity contribution >= 4 is 11.9 Å². The Morgan fingerprint density at radius 2 is 1.84 bits per heavy atom. The molecule has 0 spiro atoms. The largest absolute Gasteiger partial charge is 0.462 e. The Hall–Kier alpha value is -1.10. The molecule has 0 amide bonds. The number of piperidine rings is 1. The van der Waals surface area contributed by atoms with Gasteiger partial charge in [-0.2, -0.15) is 0 Å². The van der Waals surface area contributed by atoms with Crippen LogP contribution in [-0.4, -0.2) is 48.2 Å². The first-order chi connectivity index (χ1) is 8.88. The second-order valence-corrected chi connectivity index (χ2v) is 5.96. The topological polar surface area (TPSA) is 55.8 Å². The van der Waals surface area contributed by atoms with Gasteiger partial charge < -0.3 is 9.47 Å². The molecule has 2 rings (SSSR count). The van der Waals surface area contributed by atoms with Crippen molar-refractivity contribution in [1.82, 2.24) is 4.90 Å². The fraction of sp³-hybridized carbons (Fsp3) is 0.857. The minimum atomic E-state index is -0.232. The van der Waals surface area contributed by atoms with Crippen molar-refractivity contribution in [2.24, 2.45) is 5.92 Å². The van der Waals surface area contributed by atoms with Crippen LogP contribution in [0.4, 0.5) is 0 Å². The number of esters is 2. The Labute approximate surface area is 114 Å². The van der Waals surface area contributed by atoms with Gasteiger partial charge in [0, 0.05) is 32.2 Å². The van der Waals surface area contributed by atoms with E-state index in [1.165, 1.54) is 6.92 Å². The Balaban J connectivity index is 1.99. The molecule has 19 heavy (non-hydrogen) atoms. The Morgan fingerprint density at radius 1 is 1.16 bits per heavy atom. The van der Waals surface area contributed by atoms with Crippen LogP contribution < -0.4 is 0 Å². The maximum atomic E-state index is 11.7. The molecule has 0 radical (unpaired) electrons. The predicted molar refractivity (Wildman–Crippen MR) is 69.5 cm³/mol. The molecule has 2 saturated heterocycles. The summed E-state index contributed by atoms with van der Waals surface area (Å²) >= 11 is 0. The minimum Gasteiger partial charge on any atom is -0.462 e. The first-order valence-electron chi connectivity index (χ1n) is 6.98. The van der Waals surface area contributed by atoms with Crippen molar-refractivity contribution < 1.29 is 19.1 Å². The summed E-state index contributed by atoms with van der Waals surface area (Å²) in [4.78, 5) is 25.0. The lowest BCUT2D eigenvalue weighted by Gasteiger charge is -2.36. The van der Waals surface area contributed by atoms with E-state index in [2.05, 4.69) is 11.9 Å². The van der Waals surface area contributed by atoms with E-state index < -0.39 is 0 Å². The normalized spacial score (nSPS) is 34.4. The molecule has 2 fully saturated rings. The van der Waals surface area contributed by atoms with Gasteiger partial charge in [-0.05, 0) is 7.05 Å². The van der Waals surface area contributed by atoms with Crippen LogP contribution in [0, 0.1) is 5.92 Å². The van der Waals surface area contributed by atoms with Gasteiger partial charge in [0.25, 0.3) is 0 Å². The third kappa shape index (κ3) is 3.08. The molecule has 4 unspecified atom stereocenters. The molecule has 0 saturated carbocycles. The van der Waals surface area contributed by atoms with E-state index in [4.69, 9.17) is 9.47 Å². The highest BCUT2D eigenvalue weighted by molar-refractivity contribution is 5.71. The summed E-state index contributed by atoms with van der Waals surface area (Å²) in [6.45, 7) is 5.13. The molecular weight excluding hydrogens is 246 g/mol. The smallest absolute Gasteiger partial charge is 0.308 e. The highest BCUT2D eigenvalue weighted by atomic mass is 16.6. The summed E-state index contributed by atoms with van der Waals surface area (Å²) in [7, 11) is 2.06. The lowest BCUT2D eigenvalue weighted by atomic mass is 10.0. The molecule has 108 valence electrons. The lowest BCUT2D eigenvalue weighted by Crippen LogP contribution is -2.46. The number of nitrogens with zero attached hydrogens (tertiary/aromatic N) is 1. The molecule has 2 aliphatic rings. The van der Waals surface area contributed by atoms with Gasteiger partial charge in [-0.15, -0.1) is 0 Å². The average Bonchev–Trinajstić information content (AvgIpc) is 2.48. The van der Waals surface area contributed by atoms with Gasteiger partial charge in [-0.1, -0.05) is 13.8 Å². The first kappa shape index (κ1) is 14.3. The number of fused-ring (bicyclic) bond motifs is 2. The summed E-state index contributed by atoms with van der Waals surface area (Å²) in [5.41, 5.74) is 0. The van der Waals surface area contributed by atoms with Crippen molar-refractivity contribution in [3.63, 3.8) is 0 Å². The van der Waals surface area contributed by atoms with E-state index in [9.17, 15) is 9.59 Å². The number of ether oxygens (including phenoxy) is 2. The second-order valence-electron chi connectivity index (χ2n) is 5.96. The van der Waals surface area contributed by atoms with Crippen molar-refractivity contribution in [3.8, 4) is 0 Å². The molecule has 2 heterocycles.